The van der Waals surface area contributed by atoms with Crippen molar-refractivity contribution in [3.05, 3.63) is 51.2 Å². The van der Waals surface area contributed by atoms with Crippen molar-refractivity contribution in [2.24, 2.45) is 5.73 Å². The van der Waals surface area contributed by atoms with Crippen molar-refractivity contribution in [1.29, 1.82) is 0 Å². The third-order valence-corrected chi connectivity index (χ3v) is 4.72. The molecule has 20 heavy (non-hydrogen) atoms. The maximum Gasteiger partial charge on any atom is 0.107 e. The Morgan fingerprint density at radius 1 is 1.40 bits per heavy atom. The van der Waals surface area contributed by atoms with Crippen LogP contribution in [-0.2, 0) is 6.54 Å². The van der Waals surface area contributed by atoms with Gasteiger partial charge in [-0.05, 0) is 47.4 Å². The molecule has 2 N–H and O–H groups in total. The van der Waals surface area contributed by atoms with Crippen molar-refractivity contribution >= 4 is 45.8 Å². The van der Waals surface area contributed by atoms with Gasteiger partial charge in [0.25, 0.3) is 0 Å². The maximum absolute atomic E-state index is 6.28. The van der Waals surface area contributed by atoms with Crippen molar-refractivity contribution < 1.29 is 0 Å². The van der Waals surface area contributed by atoms with Crippen LogP contribution in [0.1, 0.15) is 24.0 Å². The average Bonchev–Trinajstić information content (AvgIpc) is 3.12. The number of anilines is 1. The van der Waals surface area contributed by atoms with E-state index in [0.29, 0.717) is 16.1 Å². The van der Waals surface area contributed by atoms with Crippen LogP contribution < -0.4 is 10.6 Å². The molecule has 1 aromatic carbocycles. The highest BCUT2D eigenvalue weighted by Gasteiger charge is 2.31. The SMILES string of the molecule is NC(=S)c1c(Cl)cccc1N(Cc1ccsc1)C1CC1. The fourth-order valence-electron chi connectivity index (χ4n) is 2.37. The summed E-state index contributed by atoms with van der Waals surface area (Å²) in [6.45, 7) is 0.879. The molecule has 1 saturated carbocycles. The van der Waals surface area contributed by atoms with E-state index in [-0.39, 0.29) is 0 Å². The Labute approximate surface area is 133 Å². The predicted octanol–water partition coefficient (Wildman–Crippen LogP) is 4.20. The minimum absolute atomic E-state index is 0.363. The number of hydrogen-bond acceptors (Lipinski definition) is 3. The zero-order chi connectivity index (χ0) is 14.1. The Hall–Kier alpha value is -1.10. The topological polar surface area (TPSA) is 29.3 Å². The van der Waals surface area contributed by atoms with Crippen LogP contribution >= 0.6 is 35.2 Å². The number of rotatable bonds is 5. The normalized spacial score (nSPS) is 14.2. The first-order valence-electron chi connectivity index (χ1n) is 6.53. The van der Waals surface area contributed by atoms with Crippen LogP contribution in [0.3, 0.4) is 0 Å². The van der Waals surface area contributed by atoms with Crippen molar-refractivity contribution in [2.45, 2.75) is 25.4 Å². The van der Waals surface area contributed by atoms with Gasteiger partial charge in [-0.2, -0.15) is 11.3 Å². The van der Waals surface area contributed by atoms with Crippen LogP contribution in [0.15, 0.2) is 35.0 Å². The summed E-state index contributed by atoms with van der Waals surface area (Å²) >= 11 is 13.2. The smallest absolute Gasteiger partial charge is 0.107 e. The molecule has 0 saturated heterocycles. The molecule has 1 fully saturated rings. The van der Waals surface area contributed by atoms with E-state index in [1.807, 2.05) is 12.1 Å². The van der Waals surface area contributed by atoms with E-state index in [4.69, 9.17) is 29.6 Å². The van der Waals surface area contributed by atoms with Crippen molar-refractivity contribution in [3.63, 3.8) is 0 Å². The summed E-state index contributed by atoms with van der Waals surface area (Å²) in [5.74, 6) is 0. The minimum Gasteiger partial charge on any atom is -0.389 e. The molecule has 1 aliphatic carbocycles. The molecule has 0 bridgehead atoms. The third-order valence-electron chi connectivity index (χ3n) is 3.47. The molecule has 2 nitrogen and oxygen atoms in total. The molecule has 0 aliphatic heterocycles. The molecule has 104 valence electrons. The largest absolute Gasteiger partial charge is 0.389 e. The van der Waals surface area contributed by atoms with E-state index in [2.05, 4.69) is 27.8 Å². The first-order valence-corrected chi connectivity index (χ1v) is 8.25. The Bertz CT molecular complexity index is 621. The quantitative estimate of drug-likeness (QED) is 0.836. The number of nitrogens with zero attached hydrogens (tertiary/aromatic N) is 1. The predicted molar refractivity (Wildman–Crippen MR) is 90.9 cm³/mol. The lowest BCUT2D eigenvalue weighted by Crippen LogP contribution is -2.28. The van der Waals surface area contributed by atoms with E-state index in [1.165, 1.54) is 18.4 Å². The lowest BCUT2D eigenvalue weighted by atomic mass is 10.1. The van der Waals surface area contributed by atoms with E-state index in [1.54, 1.807) is 11.3 Å². The number of nitrogens with two attached hydrogens (primary N) is 1. The summed E-state index contributed by atoms with van der Waals surface area (Å²) < 4.78 is 0. The van der Waals surface area contributed by atoms with Crippen molar-refractivity contribution in [1.82, 2.24) is 0 Å². The van der Waals surface area contributed by atoms with Gasteiger partial charge in [-0.25, -0.2) is 0 Å². The Kier molecular flexibility index (Phi) is 3.96. The monoisotopic (exact) mass is 322 g/mol. The maximum atomic E-state index is 6.28. The fraction of sp³-hybridized carbons (Fsp3) is 0.267. The van der Waals surface area contributed by atoms with Gasteiger partial charge < -0.3 is 10.6 Å². The Morgan fingerprint density at radius 2 is 2.20 bits per heavy atom. The average molecular weight is 323 g/mol. The number of thiocarbonyl (C=S) groups is 1. The zero-order valence-corrected chi connectivity index (χ0v) is 13.3. The molecule has 0 radical (unpaired) electrons. The highest BCUT2D eigenvalue weighted by Crippen LogP contribution is 2.37. The Balaban J connectivity index is 1.99. The van der Waals surface area contributed by atoms with Gasteiger partial charge in [-0.1, -0.05) is 29.9 Å². The molecule has 0 atom stereocenters. The molecule has 0 spiro atoms. The van der Waals surface area contributed by atoms with Crippen LogP contribution in [0, 0.1) is 0 Å². The summed E-state index contributed by atoms with van der Waals surface area (Å²) in [7, 11) is 0. The summed E-state index contributed by atoms with van der Waals surface area (Å²) in [5, 5.41) is 4.92. The summed E-state index contributed by atoms with van der Waals surface area (Å²) in [6.07, 6.45) is 2.43. The first-order chi connectivity index (χ1) is 9.66. The van der Waals surface area contributed by atoms with Crippen LogP contribution in [-0.4, -0.2) is 11.0 Å². The summed E-state index contributed by atoms with van der Waals surface area (Å²) in [5.41, 5.74) is 9.04. The van der Waals surface area contributed by atoms with Gasteiger partial charge in [0.1, 0.15) is 4.99 Å². The lowest BCUT2D eigenvalue weighted by Gasteiger charge is -2.27. The lowest BCUT2D eigenvalue weighted by molar-refractivity contribution is 0.796. The minimum atomic E-state index is 0.363. The van der Waals surface area contributed by atoms with Gasteiger partial charge >= 0.3 is 0 Å². The second-order valence-electron chi connectivity index (χ2n) is 4.99. The summed E-state index contributed by atoms with van der Waals surface area (Å²) in [6, 6.07) is 8.59. The van der Waals surface area contributed by atoms with Crippen LogP contribution in [0.4, 0.5) is 5.69 Å². The molecule has 2 aromatic rings. The van der Waals surface area contributed by atoms with Crippen LogP contribution in [0.2, 0.25) is 5.02 Å². The number of halogens is 1. The van der Waals surface area contributed by atoms with Gasteiger partial charge in [0.05, 0.1) is 10.6 Å². The molecule has 1 aromatic heterocycles. The summed E-state index contributed by atoms with van der Waals surface area (Å²) in [4.78, 5) is 2.74. The van der Waals surface area contributed by atoms with E-state index in [0.717, 1.165) is 17.8 Å². The Morgan fingerprint density at radius 3 is 2.80 bits per heavy atom. The van der Waals surface area contributed by atoms with Gasteiger partial charge in [-0.3, -0.25) is 0 Å². The third kappa shape index (κ3) is 2.82. The van der Waals surface area contributed by atoms with Gasteiger partial charge in [0.15, 0.2) is 0 Å². The van der Waals surface area contributed by atoms with Crippen molar-refractivity contribution in [3.8, 4) is 0 Å². The number of thiophene rings is 1. The molecule has 3 rings (SSSR count). The molecule has 1 heterocycles. The molecule has 0 unspecified atom stereocenters. The van der Waals surface area contributed by atoms with Gasteiger partial charge in [0, 0.05) is 18.3 Å². The molecule has 1 aliphatic rings. The molecular formula is C15H15ClN2S2. The zero-order valence-electron chi connectivity index (χ0n) is 10.9. The van der Waals surface area contributed by atoms with Crippen molar-refractivity contribution in [2.75, 3.05) is 4.90 Å². The fourth-order valence-corrected chi connectivity index (χ4v) is 3.57. The number of hydrogen-bond donors (Lipinski definition) is 1. The highest BCUT2D eigenvalue weighted by atomic mass is 35.5. The van der Waals surface area contributed by atoms with Crippen LogP contribution in [0.5, 0.6) is 0 Å². The second-order valence-corrected chi connectivity index (χ2v) is 6.62. The van der Waals surface area contributed by atoms with E-state index in [9.17, 15) is 0 Å². The first kappa shape index (κ1) is 13.9. The van der Waals surface area contributed by atoms with E-state index >= 15 is 0 Å². The molecule has 0 amide bonds. The standard InChI is InChI=1S/C15H15ClN2S2/c16-12-2-1-3-13(14(12)15(17)19)18(11-4-5-11)8-10-6-7-20-9-10/h1-3,6-7,9,11H,4-5,8H2,(H2,17,19). The second kappa shape index (κ2) is 5.72. The van der Waals surface area contributed by atoms with Crippen LogP contribution in [0.25, 0.3) is 0 Å². The molecular weight excluding hydrogens is 308 g/mol. The molecule has 5 heteroatoms. The highest BCUT2D eigenvalue weighted by molar-refractivity contribution is 7.80. The van der Waals surface area contributed by atoms with E-state index < -0.39 is 0 Å². The number of benzene rings is 1. The van der Waals surface area contributed by atoms with Gasteiger partial charge in [-0.15, -0.1) is 0 Å². The van der Waals surface area contributed by atoms with Gasteiger partial charge in [0.2, 0.25) is 0 Å².